The monoisotopic (exact) mass is 493 g/mol. The van der Waals surface area contributed by atoms with Crippen molar-refractivity contribution in [2.75, 3.05) is 19.6 Å². The number of nitrogens with zero attached hydrogens (tertiary/aromatic N) is 2. The Balaban J connectivity index is 1.60. The van der Waals surface area contributed by atoms with Gasteiger partial charge < -0.3 is 10.2 Å². The standard InChI is InChI=1S/C27H32BrN3O/c1-4-20-5-7-21(8-6-20)26-16-24(23-15-22(28)9-10-25(23)30-26)27(32)29-19(3)17-31-13-11-18(2)12-14-31/h5-10,15-16,18-19H,4,11-14,17H2,1-3H3,(H,29,32)/t19-/m1/s1. The molecule has 0 bridgehead atoms. The van der Waals surface area contributed by atoms with E-state index in [2.05, 4.69) is 71.2 Å². The number of amides is 1. The molecular weight excluding hydrogens is 462 g/mol. The van der Waals surface area contributed by atoms with Crippen LogP contribution in [0.5, 0.6) is 0 Å². The molecule has 1 fully saturated rings. The molecule has 0 aliphatic carbocycles. The van der Waals surface area contributed by atoms with E-state index in [0.29, 0.717) is 5.56 Å². The van der Waals surface area contributed by atoms with Crippen LogP contribution in [0.25, 0.3) is 22.2 Å². The largest absolute Gasteiger partial charge is 0.348 e. The van der Waals surface area contributed by atoms with E-state index in [9.17, 15) is 4.79 Å². The smallest absolute Gasteiger partial charge is 0.252 e. The molecule has 2 heterocycles. The molecule has 2 aromatic carbocycles. The lowest BCUT2D eigenvalue weighted by Gasteiger charge is -2.32. The van der Waals surface area contributed by atoms with Crippen molar-refractivity contribution in [2.45, 2.75) is 46.1 Å². The zero-order valence-electron chi connectivity index (χ0n) is 19.2. The first-order valence-electron chi connectivity index (χ1n) is 11.7. The number of hydrogen-bond acceptors (Lipinski definition) is 3. The second-order valence-corrected chi connectivity index (χ2v) is 10.0. The number of rotatable bonds is 6. The maximum absolute atomic E-state index is 13.4. The van der Waals surface area contributed by atoms with Crippen LogP contribution >= 0.6 is 15.9 Å². The SMILES string of the molecule is CCc1ccc(-c2cc(C(=O)N[C@H](C)CN3CCC(C)CC3)c3cc(Br)ccc3n2)cc1. The van der Waals surface area contributed by atoms with E-state index in [4.69, 9.17) is 4.98 Å². The van der Waals surface area contributed by atoms with Crippen molar-refractivity contribution >= 4 is 32.7 Å². The zero-order chi connectivity index (χ0) is 22.7. The Morgan fingerprint density at radius 1 is 1.16 bits per heavy atom. The zero-order valence-corrected chi connectivity index (χ0v) is 20.8. The lowest BCUT2D eigenvalue weighted by Crippen LogP contribution is -2.44. The predicted molar refractivity (Wildman–Crippen MR) is 136 cm³/mol. The van der Waals surface area contributed by atoms with Crippen LogP contribution in [-0.4, -0.2) is 41.5 Å². The highest BCUT2D eigenvalue weighted by molar-refractivity contribution is 9.10. The minimum Gasteiger partial charge on any atom is -0.348 e. The topological polar surface area (TPSA) is 45.2 Å². The summed E-state index contributed by atoms with van der Waals surface area (Å²) in [5.74, 6) is 0.766. The molecule has 1 atom stereocenters. The van der Waals surface area contributed by atoms with Crippen LogP contribution in [0.2, 0.25) is 0 Å². The molecule has 0 saturated carbocycles. The van der Waals surface area contributed by atoms with Gasteiger partial charge in [0.2, 0.25) is 0 Å². The number of likely N-dealkylation sites (tertiary alicyclic amines) is 1. The molecule has 1 aliphatic heterocycles. The lowest BCUT2D eigenvalue weighted by molar-refractivity contribution is 0.0923. The Morgan fingerprint density at radius 2 is 1.88 bits per heavy atom. The molecule has 1 amide bonds. The quantitative estimate of drug-likeness (QED) is 0.452. The highest BCUT2D eigenvalue weighted by Crippen LogP contribution is 2.28. The Hall–Kier alpha value is -2.24. The Bertz CT molecular complexity index is 1090. The maximum atomic E-state index is 13.4. The predicted octanol–water partition coefficient (Wildman–Crippen LogP) is 6.08. The Kier molecular flexibility index (Phi) is 7.27. The van der Waals surface area contributed by atoms with E-state index in [1.54, 1.807) is 0 Å². The molecule has 1 saturated heterocycles. The van der Waals surface area contributed by atoms with Crippen molar-refractivity contribution in [1.82, 2.24) is 15.2 Å². The molecule has 1 aliphatic rings. The van der Waals surface area contributed by atoms with Crippen molar-refractivity contribution in [3.8, 4) is 11.3 Å². The fourth-order valence-electron chi connectivity index (χ4n) is 4.42. The number of carbonyl (C=O) groups excluding carboxylic acids is 1. The van der Waals surface area contributed by atoms with Gasteiger partial charge in [0.15, 0.2) is 0 Å². The van der Waals surface area contributed by atoms with Gasteiger partial charge in [0.1, 0.15) is 0 Å². The molecule has 3 aromatic rings. The first-order valence-corrected chi connectivity index (χ1v) is 12.4. The number of pyridine rings is 1. The highest BCUT2D eigenvalue weighted by Gasteiger charge is 2.20. The van der Waals surface area contributed by atoms with Gasteiger partial charge in [-0.1, -0.05) is 54.0 Å². The van der Waals surface area contributed by atoms with Gasteiger partial charge in [-0.15, -0.1) is 0 Å². The average Bonchev–Trinajstić information content (AvgIpc) is 2.80. The molecule has 0 radical (unpaired) electrons. The number of fused-ring (bicyclic) bond motifs is 1. The highest BCUT2D eigenvalue weighted by atomic mass is 79.9. The normalized spacial score (nSPS) is 16.2. The van der Waals surface area contributed by atoms with E-state index in [0.717, 1.165) is 58.6 Å². The van der Waals surface area contributed by atoms with Crippen LogP contribution in [-0.2, 0) is 6.42 Å². The van der Waals surface area contributed by atoms with Gasteiger partial charge in [-0.2, -0.15) is 0 Å². The number of aromatic nitrogens is 1. The van der Waals surface area contributed by atoms with Crippen LogP contribution in [0.4, 0.5) is 0 Å². The van der Waals surface area contributed by atoms with Crippen molar-refractivity contribution < 1.29 is 4.79 Å². The number of aryl methyl sites for hydroxylation is 1. The second-order valence-electron chi connectivity index (χ2n) is 9.12. The second kappa shape index (κ2) is 10.1. The summed E-state index contributed by atoms with van der Waals surface area (Å²) in [7, 11) is 0. The van der Waals surface area contributed by atoms with Crippen molar-refractivity contribution in [1.29, 1.82) is 0 Å². The molecule has 4 rings (SSSR count). The molecule has 0 spiro atoms. The minimum absolute atomic E-state index is 0.0418. The summed E-state index contributed by atoms with van der Waals surface area (Å²) in [6.07, 6.45) is 3.48. The summed E-state index contributed by atoms with van der Waals surface area (Å²) in [6.45, 7) is 9.68. The van der Waals surface area contributed by atoms with Gasteiger partial charge in [-0.05, 0) is 75.0 Å². The van der Waals surface area contributed by atoms with Gasteiger partial charge in [-0.3, -0.25) is 4.79 Å². The lowest BCUT2D eigenvalue weighted by atomic mass is 9.99. The van der Waals surface area contributed by atoms with E-state index in [-0.39, 0.29) is 11.9 Å². The summed E-state index contributed by atoms with van der Waals surface area (Å²) in [5, 5.41) is 4.11. The maximum Gasteiger partial charge on any atom is 0.252 e. The van der Waals surface area contributed by atoms with Gasteiger partial charge >= 0.3 is 0 Å². The van der Waals surface area contributed by atoms with Crippen molar-refractivity contribution in [3.63, 3.8) is 0 Å². The molecule has 32 heavy (non-hydrogen) atoms. The van der Waals surface area contributed by atoms with E-state index < -0.39 is 0 Å². The number of hydrogen-bond donors (Lipinski definition) is 1. The third-order valence-electron chi connectivity index (χ3n) is 6.46. The van der Waals surface area contributed by atoms with Gasteiger partial charge in [0, 0.05) is 28.0 Å². The number of benzene rings is 2. The van der Waals surface area contributed by atoms with Crippen LogP contribution in [0.3, 0.4) is 0 Å². The van der Waals surface area contributed by atoms with Crippen LogP contribution in [0.15, 0.2) is 53.0 Å². The Labute approximate surface area is 199 Å². The molecule has 1 N–H and O–H groups in total. The third kappa shape index (κ3) is 5.38. The fraction of sp³-hybridized carbons (Fsp3) is 0.407. The summed E-state index contributed by atoms with van der Waals surface area (Å²) in [4.78, 5) is 20.7. The molecule has 168 valence electrons. The summed E-state index contributed by atoms with van der Waals surface area (Å²) in [5.41, 5.74) is 4.64. The number of halogens is 1. The molecule has 0 unspecified atom stereocenters. The van der Waals surface area contributed by atoms with E-state index in [1.165, 1.54) is 18.4 Å². The first kappa shape index (κ1) is 22.9. The Morgan fingerprint density at radius 3 is 2.56 bits per heavy atom. The molecule has 5 heteroatoms. The van der Waals surface area contributed by atoms with Crippen LogP contribution < -0.4 is 5.32 Å². The average molecular weight is 494 g/mol. The summed E-state index contributed by atoms with van der Waals surface area (Å²) < 4.78 is 0.941. The van der Waals surface area contributed by atoms with Crippen molar-refractivity contribution in [3.05, 3.63) is 64.1 Å². The van der Waals surface area contributed by atoms with Gasteiger partial charge in [0.05, 0.1) is 16.8 Å². The molecule has 4 nitrogen and oxygen atoms in total. The van der Waals surface area contributed by atoms with Gasteiger partial charge in [0.25, 0.3) is 5.91 Å². The first-order chi connectivity index (χ1) is 15.4. The number of nitrogens with one attached hydrogen (secondary N) is 1. The molecule has 1 aromatic heterocycles. The summed E-state index contributed by atoms with van der Waals surface area (Å²) in [6, 6.07) is 16.4. The van der Waals surface area contributed by atoms with E-state index >= 15 is 0 Å². The summed E-state index contributed by atoms with van der Waals surface area (Å²) >= 11 is 3.55. The molecular formula is C27H32BrN3O. The fourth-order valence-corrected chi connectivity index (χ4v) is 4.79. The number of carbonyl (C=O) groups is 1. The van der Waals surface area contributed by atoms with Crippen LogP contribution in [0, 0.1) is 5.92 Å². The van der Waals surface area contributed by atoms with Crippen LogP contribution in [0.1, 0.15) is 49.5 Å². The van der Waals surface area contributed by atoms with E-state index in [1.807, 2.05) is 24.3 Å². The third-order valence-corrected chi connectivity index (χ3v) is 6.95. The van der Waals surface area contributed by atoms with Gasteiger partial charge in [-0.25, -0.2) is 4.98 Å². The number of piperidine rings is 1. The van der Waals surface area contributed by atoms with Crippen molar-refractivity contribution in [2.24, 2.45) is 5.92 Å². The minimum atomic E-state index is -0.0418.